The molecule has 14 heteroatoms. The molecule has 51 heavy (non-hydrogen) atoms. The fraction of sp³-hybridized carbons (Fsp3) is 0.486. The van der Waals surface area contributed by atoms with Gasteiger partial charge < -0.3 is 29.2 Å². The standard InChI is InChI=1S/C37H47N5O9/c1-8-21-48-25(3)30(39-32(43)24(2)40(7)35(46)51-37(4,5)6)33(44)41-20-19-28-31(41)29(50-34(45)38-27-17-13-10-14-18-27)22-42(28)36(47)49-23-26-15-11-9-12-16-26/h1,9-18,24-25,28-31H,19-23H2,2-7H3,(H,38,45)(H,39,43)/t24-,25+,28+,29-,30-,31-/m0/s1. The van der Waals surface area contributed by atoms with Crippen molar-refractivity contribution in [2.24, 2.45) is 0 Å². The van der Waals surface area contributed by atoms with Gasteiger partial charge in [0.15, 0.2) is 0 Å². The summed E-state index contributed by atoms with van der Waals surface area (Å²) in [7, 11) is 1.42. The number of likely N-dealkylation sites (N-methyl/N-ethyl adjacent to an activating group) is 1. The van der Waals surface area contributed by atoms with Gasteiger partial charge in [0.05, 0.1) is 24.7 Å². The number of carbonyl (C=O) groups is 5. The SMILES string of the molecule is C#CCO[C@H](C)[C@H](NC(=O)[C@H](C)N(C)C(=O)OC(C)(C)C)C(=O)N1CC[C@@H]2[C@H]1[C@@H](OC(=O)Nc1ccccc1)CN2C(=O)OCc1ccccc1. The highest BCUT2D eigenvalue weighted by Crippen LogP contribution is 2.35. The maximum absolute atomic E-state index is 14.4. The van der Waals surface area contributed by atoms with Gasteiger partial charge in [-0.1, -0.05) is 54.5 Å². The molecule has 0 aliphatic carbocycles. The highest BCUT2D eigenvalue weighted by atomic mass is 16.6. The number of ether oxygens (including phenoxy) is 4. The van der Waals surface area contributed by atoms with E-state index in [0.29, 0.717) is 12.1 Å². The molecule has 2 aliphatic heterocycles. The molecule has 274 valence electrons. The van der Waals surface area contributed by atoms with Crippen molar-refractivity contribution in [2.75, 3.05) is 32.1 Å². The zero-order valence-electron chi connectivity index (χ0n) is 29.9. The van der Waals surface area contributed by atoms with E-state index in [2.05, 4.69) is 16.6 Å². The van der Waals surface area contributed by atoms with Gasteiger partial charge in [-0.25, -0.2) is 14.4 Å². The second-order valence-corrected chi connectivity index (χ2v) is 13.5. The van der Waals surface area contributed by atoms with Gasteiger partial charge in [0.1, 0.15) is 37.0 Å². The molecule has 0 unspecified atom stereocenters. The number of benzene rings is 2. The predicted octanol–water partition coefficient (Wildman–Crippen LogP) is 4.00. The zero-order chi connectivity index (χ0) is 37.3. The zero-order valence-corrected chi connectivity index (χ0v) is 29.9. The lowest BCUT2D eigenvalue weighted by atomic mass is 10.1. The molecule has 5 amide bonds. The van der Waals surface area contributed by atoms with Crippen LogP contribution in [-0.2, 0) is 35.1 Å². The van der Waals surface area contributed by atoms with Crippen LogP contribution in [0.2, 0.25) is 0 Å². The molecule has 0 aromatic heterocycles. The molecule has 2 heterocycles. The molecule has 2 saturated heterocycles. The van der Waals surface area contributed by atoms with Crippen LogP contribution in [0.5, 0.6) is 0 Å². The van der Waals surface area contributed by atoms with E-state index in [0.717, 1.165) is 10.5 Å². The molecular formula is C37H47N5O9. The van der Waals surface area contributed by atoms with E-state index in [9.17, 15) is 24.0 Å². The quantitative estimate of drug-likeness (QED) is 0.261. The van der Waals surface area contributed by atoms with E-state index in [-0.39, 0.29) is 26.3 Å². The Hall–Kier alpha value is -5.29. The van der Waals surface area contributed by atoms with Crippen molar-refractivity contribution < 1.29 is 42.9 Å². The first-order chi connectivity index (χ1) is 24.2. The first-order valence-corrected chi connectivity index (χ1v) is 16.8. The molecule has 6 atom stereocenters. The maximum atomic E-state index is 14.4. The Morgan fingerprint density at radius 3 is 2.27 bits per heavy atom. The van der Waals surface area contributed by atoms with Crippen LogP contribution < -0.4 is 10.6 Å². The molecule has 4 rings (SSSR count). The van der Waals surface area contributed by atoms with Crippen molar-refractivity contribution in [3.63, 3.8) is 0 Å². The summed E-state index contributed by atoms with van der Waals surface area (Å²) in [5.74, 6) is 1.19. The van der Waals surface area contributed by atoms with Crippen LogP contribution in [-0.4, -0.2) is 114 Å². The summed E-state index contributed by atoms with van der Waals surface area (Å²) in [6, 6.07) is 14.3. The van der Waals surface area contributed by atoms with Crippen molar-refractivity contribution in [3.05, 3.63) is 66.2 Å². The van der Waals surface area contributed by atoms with Crippen LogP contribution in [0.1, 0.15) is 46.6 Å². The van der Waals surface area contributed by atoms with Gasteiger partial charge in [-0.2, -0.15) is 0 Å². The number of rotatable bonds is 11. The number of amides is 5. The van der Waals surface area contributed by atoms with Crippen molar-refractivity contribution in [2.45, 2.75) is 89.6 Å². The molecule has 0 spiro atoms. The first-order valence-electron chi connectivity index (χ1n) is 16.8. The lowest BCUT2D eigenvalue weighted by Gasteiger charge is -2.34. The number of terminal acetylenes is 1. The Morgan fingerprint density at radius 1 is 1.00 bits per heavy atom. The fourth-order valence-corrected chi connectivity index (χ4v) is 5.98. The number of likely N-dealkylation sites (tertiary alicyclic amines) is 2. The van der Waals surface area contributed by atoms with Gasteiger partial charge >= 0.3 is 18.3 Å². The van der Waals surface area contributed by atoms with Gasteiger partial charge in [-0.05, 0) is 58.7 Å². The minimum absolute atomic E-state index is 0.0320. The predicted molar refractivity (Wildman–Crippen MR) is 187 cm³/mol. The van der Waals surface area contributed by atoms with Crippen LogP contribution in [0.15, 0.2) is 60.7 Å². The summed E-state index contributed by atoms with van der Waals surface area (Å²) in [5.41, 5.74) is 0.512. The monoisotopic (exact) mass is 705 g/mol. The third-order valence-electron chi connectivity index (χ3n) is 8.68. The number of nitrogens with one attached hydrogen (secondary N) is 2. The smallest absolute Gasteiger partial charge is 0.412 e. The molecule has 2 N–H and O–H groups in total. The van der Waals surface area contributed by atoms with E-state index in [1.165, 1.54) is 23.8 Å². The second-order valence-electron chi connectivity index (χ2n) is 13.5. The Bertz CT molecular complexity index is 1580. The minimum atomic E-state index is -1.25. The number of hydrogen-bond donors (Lipinski definition) is 2. The first kappa shape index (κ1) is 38.5. The number of hydrogen-bond acceptors (Lipinski definition) is 9. The number of fused-ring (bicyclic) bond motifs is 1. The summed E-state index contributed by atoms with van der Waals surface area (Å²) in [4.78, 5) is 71.3. The third-order valence-corrected chi connectivity index (χ3v) is 8.68. The fourth-order valence-electron chi connectivity index (χ4n) is 5.98. The Balaban J connectivity index is 1.56. The highest BCUT2D eigenvalue weighted by Gasteiger charge is 2.55. The normalized spacial score (nSPS) is 19.8. The maximum Gasteiger partial charge on any atom is 0.412 e. The van der Waals surface area contributed by atoms with E-state index in [4.69, 9.17) is 25.4 Å². The van der Waals surface area contributed by atoms with Crippen LogP contribution in [0.25, 0.3) is 0 Å². The molecule has 0 bridgehead atoms. The Kier molecular flexibility index (Phi) is 12.9. The van der Waals surface area contributed by atoms with E-state index < -0.39 is 72.1 Å². The largest absolute Gasteiger partial charge is 0.445 e. The van der Waals surface area contributed by atoms with Crippen LogP contribution >= 0.6 is 0 Å². The van der Waals surface area contributed by atoms with E-state index in [1.54, 1.807) is 58.0 Å². The van der Waals surface area contributed by atoms with Crippen LogP contribution in [0.4, 0.5) is 20.1 Å². The Morgan fingerprint density at radius 2 is 1.65 bits per heavy atom. The summed E-state index contributed by atoms with van der Waals surface area (Å²) in [6.45, 7) is 8.27. The average molecular weight is 706 g/mol. The highest BCUT2D eigenvalue weighted by molar-refractivity contribution is 5.92. The van der Waals surface area contributed by atoms with Gasteiger partial charge in [0.25, 0.3) is 0 Å². The van der Waals surface area contributed by atoms with Crippen molar-refractivity contribution in [1.29, 1.82) is 0 Å². The summed E-state index contributed by atoms with van der Waals surface area (Å²) >= 11 is 0. The molecule has 2 aromatic rings. The van der Waals surface area contributed by atoms with E-state index >= 15 is 0 Å². The number of anilines is 1. The number of para-hydroxylation sites is 1. The molecule has 2 aliphatic rings. The summed E-state index contributed by atoms with van der Waals surface area (Å²) < 4.78 is 22.6. The molecule has 0 saturated carbocycles. The summed E-state index contributed by atoms with van der Waals surface area (Å²) in [6.07, 6.45) is 1.84. The molecule has 2 fully saturated rings. The van der Waals surface area contributed by atoms with E-state index in [1.807, 2.05) is 30.3 Å². The summed E-state index contributed by atoms with van der Waals surface area (Å²) in [5, 5.41) is 5.43. The van der Waals surface area contributed by atoms with Gasteiger partial charge in [0, 0.05) is 19.3 Å². The number of carbonyl (C=O) groups excluding carboxylic acids is 5. The molecule has 2 aromatic carbocycles. The molecular weight excluding hydrogens is 658 g/mol. The molecule has 0 radical (unpaired) electrons. The van der Waals surface area contributed by atoms with Gasteiger partial charge in [0.2, 0.25) is 11.8 Å². The topological polar surface area (TPSA) is 156 Å². The van der Waals surface area contributed by atoms with Crippen molar-refractivity contribution in [3.8, 4) is 12.3 Å². The van der Waals surface area contributed by atoms with Crippen molar-refractivity contribution in [1.82, 2.24) is 20.0 Å². The van der Waals surface area contributed by atoms with Crippen LogP contribution in [0, 0.1) is 12.3 Å². The average Bonchev–Trinajstić information content (AvgIpc) is 3.69. The molecule has 14 nitrogen and oxygen atoms in total. The minimum Gasteiger partial charge on any atom is -0.445 e. The number of nitrogens with zero attached hydrogens (tertiary/aromatic N) is 3. The lowest BCUT2D eigenvalue weighted by molar-refractivity contribution is -0.143. The van der Waals surface area contributed by atoms with Crippen LogP contribution in [0.3, 0.4) is 0 Å². The Labute approximate surface area is 298 Å². The third kappa shape index (κ3) is 10.1. The second kappa shape index (κ2) is 17.1. The van der Waals surface area contributed by atoms with Gasteiger partial charge in [-0.3, -0.25) is 24.7 Å². The van der Waals surface area contributed by atoms with Crippen molar-refractivity contribution >= 4 is 35.8 Å². The van der Waals surface area contributed by atoms with Gasteiger partial charge in [-0.15, -0.1) is 6.42 Å². The lowest BCUT2D eigenvalue weighted by Crippen LogP contribution is -2.60.